The van der Waals surface area contributed by atoms with Crippen LogP contribution in [0.3, 0.4) is 0 Å². The molecule has 0 unspecified atom stereocenters. The maximum atomic E-state index is 12.0. The van der Waals surface area contributed by atoms with Gasteiger partial charge in [-0.25, -0.2) is 4.99 Å². The molecule has 3 N–H and O–H groups in total. The van der Waals surface area contributed by atoms with Gasteiger partial charge in [-0.1, -0.05) is 12.1 Å². The highest BCUT2D eigenvalue weighted by Crippen LogP contribution is 2.07. The Morgan fingerprint density at radius 1 is 1.11 bits per heavy atom. The van der Waals surface area contributed by atoms with Crippen LogP contribution in [-0.4, -0.2) is 41.3 Å². The molecule has 2 rings (SSSR count). The lowest BCUT2D eigenvalue weighted by Crippen LogP contribution is -2.38. The van der Waals surface area contributed by atoms with Crippen LogP contribution in [0.5, 0.6) is 0 Å². The summed E-state index contributed by atoms with van der Waals surface area (Å²) in [5.74, 6) is 0.724. The van der Waals surface area contributed by atoms with E-state index in [-0.39, 0.29) is 5.91 Å². The van der Waals surface area contributed by atoms with Gasteiger partial charge in [-0.15, -0.1) is 0 Å². The van der Waals surface area contributed by atoms with Gasteiger partial charge in [0.15, 0.2) is 5.96 Å². The van der Waals surface area contributed by atoms with Crippen molar-refractivity contribution in [3.05, 3.63) is 52.8 Å². The first-order valence-electron chi connectivity index (χ1n) is 9.93. The highest BCUT2D eigenvalue weighted by atomic mass is 16.1. The summed E-state index contributed by atoms with van der Waals surface area (Å²) in [4.78, 5) is 16.6. The van der Waals surface area contributed by atoms with E-state index in [1.54, 1.807) is 0 Å². The van der Waals surface area contributed by atoms with Crippen LogP contribution in [0.2, 0.25) is 0 Å². The maximum Gasteiger partial charge on any atom is 0.251 e. The van der Waals surface area contributed by atoms with Gasteiger partial charge >= 0.3 is 0 Å². The second-order valence-electron chi connectivity index (χ2n) is 6.69. The zero-order valence-electron chi connectivity index (χ0n) is 17.4. The first kappa shape index (κ1) is 21.5. The molecule has 0 saturated heterocycles. The third-order valence-corrected chi connectivity index (χ3v) is 4.23. The monoisotopic (exact) mass is 384 g/mol. The third-order valence-electron chi connectivity index (χ3n) is 4.23. The number of benzene rings is 1. The Kier molecular flexibility index (Phi) is 8.52. The molecular formula is C21H32N6O. The van der Waals surface area contributed by atoms with Crippen LogP contribution in [-0.2, 0) is 13.1 Å². The number of hydrogen-bond acceptors (Lipinski definition) is 3. The fourth-order valence-corrected chi connectivity index (χ4v) is 2.92. The minimum Gasteiger partial charge on any atom is -0.357 e. The first-order valence-corrected chi connectivity index (χ1v) is 9.93. The van der Waals surface area contributed by atoms with Crippen LogP contribution in [0.4, 0.5) is 0 Å². The minimum absolute atomic E-state index is 0.0532. The molecule has 28 heavy (non-hydrogen) atoms. The number of nitrogens with one attached hydrogen (secondary N) is 3. The molecule has 7 nitrogen and oxygen atoms in total. The molecule has 0 aliphatic rings. The van der Waals surface area contributed by atoms with Gasteiger partial charge in [0.2, 0.25) is 0 Å². The number of nitrogens with zero attached hydrogens (tertiary/aromatic N) is 3. The van der Waals surface area contributed by atoms with E-state index in [4.69, 9.17) is 0 Å². The molecule has 0 aliphatic heterocycles. The second-order valence-corrected chi connectivity index (χ2v) is 6.69. The zero-order chi connectivity index (χ0) is 20.4. The molecule has 7 heteroatoms. The fourth-order valence-electron chi connectivity index (χ4n) is 2.92. The van der Waals surface area contributed by atoms with Crippen molar-refractivity contribution in [3.8, 4) is 0 Å². The zero-order valence-corrected chi connectivity index (χ0v) is 17.4. The molecule has 0 saturated carbocycles. The predicted molar refractivity (Wildman–Crippen MR) is 114 cm³/mol. The number of aryl methyl sites for hydroxylation is 3. The van der Waals surface area contributed by atoms with Crippen molar-refractivity contribution >= 4 is 11.9 Å². The van der Waals surface area contributed by atoms with Crippen molar-refractivity contribution in [1.29, 1.82) is 0 Å². The van der Waals surface area contributed by atoms with E-state index in [1.165, 1.54) is 5.69 Å². The molecule has 0 atom stereocenters. The Morgan fingerprint density at radius 3 is 2.57 bits per heavy atom. The summed E-state index contributed by atoms with van der Waals surface area (Å²) in [6.45, 7) is 11.7. The third kappa shape index (κ3) is 6.72. The van der Waals surface area contributed by atoms with Gasteiger partial charge < -0.3 is 16.0 Å². The van der Waals surface area contributed by atoms with Crippen LogP contribution in [0.1, 0.15) is 47.6 Å². The molecule has 0 radical (unpaired) electrons. The standard InChI is InChI=1S/C21H32N6O/c1-5-22-20(28)19-10-7-9-18(14-19)15-25-21(23-6-2)24-11-8-12-27-17(4)13-16(3)26-27/h7,9-10,13-14H,5-6,8,11-12,15H2,1-4H3,(H,22,28)(H2,23,24,25). The van der Waals surface area contributed by atoms with E-state index >= 15 is 0 Å². The second kappa shape index (κ2) is 11.1. The van der Waals surface area contributed by atoms with E-state index < -0.39 is 0 Å². The van der Waals surface area contributed by atoms with E-state index in [0.717, 1.165) is 43.3 Å². The van der Waals surface area contributed by atoms with Crippen LogP contribution in [0, 0.1) is 13.8 Å². The van der Waals surface area contributed by atoms with Gasteiger partial charge in [-0.05, 0) is 57.9 Å². The Morgan fingerprint density at radius 2 is 1.89 bits per heavy atom. The molecule has 1 amide bonds. The molecule has 0 fully saturated rings. The van der Waals surface area contributed by atoms with Crippen molar-refractivity contribution in [2.75, 3.05) is 19.6 Å². The normalized spacial score (nSPS) is 11.4. The molecular weight excluding hydrogens is 352 g/mol. The number of hydrogen-bond donors (Lipinski definition) is 3. The summed E-state index contributed by atoms with van der Waals surface area (Å²) < 4.78 is 2.04. The number of guanidine groups is 1. The Hall–Kier alpha value is -2.83. The lowest BCUT2D eigenvalue weighted by molar-refractivity contribution is 0.0955. The maximum absolute atomic E-state index is 12.0. The lowest BCUT2D eigenvalue weighted by atomic mass is 10.1. The van der Waals surface area contributed by atoms with Crippen molar-refractivity contribution in [2.45, 2.75) is 47.2 Å². The number of rotatable bonds is 9. The molecule has 1 heterocycles. The number of amides is 1. The number of aromatic nitrogens is 2. The smallest absolute Gasteiger partial charge is 0.251 e. The lowest BCUT2D eigenvalue weighted by Gasteiger charge is -2.12. The number of carbonyl (C=O) groups is 1. The first-order chi connectivity index (χ1) is 13.5. The molecule has 152 valence electrons. The number of aliphatic imine (C=N–C) groups is 1. The number of carbonyl (C=O) groups excluding carboxylic acids is 1. The predicted octanol–water partition coefficient (Wildman–Crippen LogP) is 2.40. The van der Waals surface area contributed by atoms with E-state index in [2.05, 4.69) is 39.0 Å². The molecule has 1 aromatic heterocycles. The van der Waals surface area contributed by atoms with Gasteiger partial charge in [0.1, 0.15) is 0 Å². The summed E-state index contributed by atoms with van der Waals surface area (Å²) in [6, 6.07) is 9.68. The van der Waals surface area contributed by atoms with Crippen LogP contribution in [0.25, 0.3) is 0 Å². The summed E-state index contributed by atoms with van der Waals surface area (Å²) in [6.07, 6.45) is 0.957. The molecule has 1 aromatic carbocycles. The summed E-state index contributed by atoms with van der Waals surface area (Å²) in [5, 5.41) is 13.9. The fraction of sp³-hybridized carbons (Fsp3) is 0.476. The van der Waals surface area contributed by atoms with Crippen LogP contribution < -0.4 is 16.0 Å². The molecule has 0 bridgehead atoms. The average molecular weight is 385 g/mol. The Balaban J connectivity index is 1.88. The van der Waals surface area contributed by atoms with Crippen molar-refractivity contribution in [2.24, 2.45) is 4.99 Å². The van der Waals surface area contributed by atoms with Gasteiger partial charge in [0.05, 0.1) is 12.2 Å². The SMILES string of the molecule is CCNC(=O)c1cccc(CN=C(NCC)NCCCn2nc(C)cc2C)c1. The van der Waals surface area contributed by atoms with Crippen molar-refractivity contribution in [3.63, 3.8) is 0 Å². The van der Waals surface area contributed by atoms with Crippen molar-refractivity contribution in [1.82, 2.24) is 25.7 Å². The summed E-state index contributed by atoms with van der Waals surface area (Å²) in [5.41, 5.74) is 3.90. The van der Waals surface area contributed by atoms with Crippen LogP contribution >= 0.6 is 0 Å². The summed E-state index contributed by atoms with van der Waals surface area (Å²) in [7, 11) is 0. The molecule has 0 aliphatic carbocycles. The highest BCUT2D eigenvalue weighted by Gasteiger charge is 2.05. The minimum atomic E-state index is -0.0532. The average Bonchev–Trinajstić information content (AvgIpc) is 3.00. The van der Waals surface area contributed by atoms with E-state index in [9.17, 15) is 4.79 Å². The highest BCUT2D eigenvalue weighted by molar-refractivity contribution is 5.94. The van der Waals surface area contributed by atoms with E-state index in [0.29, 0.717) is 18.7 Å². The van der Waals surface area contributed by atoms with Gasteiger partial charge in [-0.3, -0.25) is 9.48 Å². The van der Waals surface area contributed by atoms with Gasteiger partial charge in [-0.2, -0.15) is 5.10 Å². The molecule has 2 aromatic rings. The van der Waals surface area contributed by atoms with Gasteiger partial charge in [0, 0.05) is 37.4 Å². The molecule has 0 spiro atoms. The quantitative estimate of drug-likeness (QED) is 0.352. The topological polar surface area (TPSA) is 83.3 Å². The van der Waals surface area contributed by atoms with Crippen molar-refractivity contribution < 1.29 is 4.79 Å². The van der Waals surface area contributed by atoms with E-state index in [1.807, 2.05) is 49.7 Å². The summed E-state index contributed by atoms with van der Waals surface area (Å²) >= 11 is 0. The van der Waals surface area contributed by atoms with Gasteiger partial charge in [0.25, 0.3) is 5.91 Å². The Bertz CT molecular complexity index is 796. The Labute approximate surface area is 167 Å². The van der Waals surface area contributed by atoms with Crippen LogP contribution in [0.15, 0.2) is 35.3 Å². The largest absolute Gasteiger partial charge is 0.357 e.